The number of ether oxygens (including phenoxy) is 1. The van der Waals surface area contributed by atoms with Gasteiger partial charge in [-0.2, -0.15) is 0 Å². The van der Waals surface area contributed by atoms with Gasteiger partial charge in [-0.1, -0.05) is 41.5 Å². The summed E-state index contributed by atoms with van der Waals surface area (Å²) in [6.45, 7) is 13.7. The molecule has 20 heavy (non-hydrogen) atoms. The summed E-state index contributed by atoms with van der Waals surface area (Å²) in [5.74, 6) is -1.43. The highest BCUT2D eigenvalue weighted by Crippen LogP contribution is 2.20. The number of nitrogens with one attached hydrogen (secondary N) is 1. The number of hydrogen-bond donors (Lipinski definition) is 1. The monoisotopic (exact) mass is 285 g/mol. The summed E-state index contributed by atoms with van der Waals surface area (Å²) in [5, 5.41) is 2.51. The van der Waals surface area contributed by atoms with Gasteiger partial charge in [0.25, 0.3) is 0 Å². The molecule has 5 heteroatoms. The van der Waals surface area contributed by atoms with Gasteiger partial charge in [-0.25, -0.2) is 4.79 Å². The molecular formula is C15H27NO4. The van der Waals surface area contributed by atoms with Crippen molar-refractivity contribution in [2.24, 2.45) is 10.8 Å². The van der Waals surface area contributed by atoms with Gasteiger partial charge in [-0.05, 0) is 13.8 Å². The summed E-state index contributed by atoms with van der Waals surface area (Å²) in [7, 11) is 0. The van der Waals surface area contributed by atoms with Crippen molar-refractivity contribution in [3.05, 3.63) is 0 Å². The van der Waals surface area contributed by atoms with E-state index in [1.807, 2.05) is 0 Å². The summed E-state index contributed by atoms with van der Waals surface area (Å²) in [4.78, 5) is 36.4. The van der Waals surface area contributed by atoms with Crippen LogP contribution in [0, 0.1) is 10.8 Å². The number of rotatable bonds is 4. The summed E-state index contributed by atoms with van der Waals surface area (Å²) < 4.78 is 5.07. The smallest absolute Gasteiger partial charge is 0.336 e. The van der Waals surface area contributed by atoms with E-state index >= 15 is 0 Å². The predicted molar refractivity (Wildman–Crippen MR) is 77.1 cm³/mol. The number of esters is 1. The molecule has 0 aliphatic heterocycles. The summed E-state index contributed by atoms with van der Waals surface area (Å²) in [5.41, 5.74) is -1.43. The standard InChI is InChI=1S/C15H27NO4/c1-9(2)20-12(18)10(11(17)14(3,4)5)16-13(19)15(6,7)8/h9-10H,1-8H3,(H,16,19). The van der Waals surface area contributed by atoms with E-state index < -0.39 is 22.8 Å². The molecule has 0 saturated carbocycles. The molecule has 0 radical (unpaired) electrons. The van der Waals surface area contributed by atoms with Crippen LogP contribution < -0.4 is 5.32 Å². The van der Waals surface area contributed by atoms with E-state index in [1.165, 1.54) is 0 Å². The SMILES string of the molecule is CC(C)OC(=O)C(NC(=O)C(C)(C)C)C(=O)C(C)(C)C. The van der Waals surface area contributed by atoms with Gasteiger partial charge in [0, 0.05) is 10.8 Å². The van der Waals surface area contributed by atoms with Gasteiger partial charge in [0.15, 0.2) is 11.8 Å². The fourth-order valence-electron chi connectivity index (χ4n) is 1.31. The number of amides is 1. The molecule has 0 aromatic heterocycles. The Morgan fingerprint density at radius 3 is 1.65 bits per heavy atom. The highest BCUT2D eigenvalue weighted by atomic mass is 16.5. The molecule has 0 aliphatic rings. The maximum absolute atomic E-state index is 12.3. The van der Waals surface area contributed by atoms with E-state index in [2.05, 4.69) is 5.32 Å². The van der Waals surface area contributed by atoms with Crippen LogP contribution in [-0.2, 0) is 19.1 Å². The Morgan fingerprint density at radius 1 is 0.900 bits per heavy atom. The summed E-state index contributed by atoms with van der Waals surface area (Å²) in [6, 6.07) is -1.26. The van der Waals surface area contributed by atoms with Crippen molar-refractivity contribution in [2.45, 2.75) is 67.5 Å². The first-order chi connectivity index (χ1) is 8.76. The molecule has 1 unspecified atom stereocenters. The molecule has 0 spiro atoms. The van der Waals surface area contributed by atoms with Crippen molar-refractivity contribution < 1.29 is 19.1 Å². The van der Waals surface area contributed by atoms with Gasteiger partial charge in [0.2, 0.25) is 5.91 Å². The van der Waals surface area contributed by atoms with Crippen molar-refractivity contribution in [1.29, 1.82) is 0 Å². The predicted octanol–water partition coefficient (Wildman–Crippen LogP) is 2.08. The molecule has 1 amide bonds. The lowest BCUT2D eigenvalue weighted by molar-refractivity contribution is -0.156. The molecule has 1 N–H and O–H groups in total. The third kappa shape index (κ3) is 5.72. The van der Waals surface area contributed by atoms with Gasteiger partial charge in [-0.15, -0.1) is 0 Å². The lowest BCUT2D eigenvalue weighted by Gasteiger charge is -2.27. The van der Waals surface area contributed by atoms with Gasteiger partial charge < -0.3 is 10.1 Å². The number of Topliss-reactive ketones (excluding diaryl/α,β-unsaturated/α-hetero) is 1. The molecule has 0 aliphatic carbocycles. The molecule has 0 aromatic carbocycles. The van der Waals surface area contributed by atoms with Crippen molar-refractivity contribution in [1.82, 2.24) is 5.32 Å². The van der Waals surface area contributed by atoms with Gasteiger partial charge in [0.1, 0.15) is 0 Å². The van der Waals surface area contributed by atoms with Gasteiger partial charge >= 0.3 is 5.97 Å². The molecule has 0 fully saturated rings. The molecule has 0 heterocycles. The largest absolute Gasteiger partial charge is 0.461 e. The molecule has 0 saturated heterocycles. The van der Waals surface area contributed by atoms with Crippen LogP contribution in [0.5, 0.6) is 0 Å². The van der Waals surface area contributed by atoms with Crippen LogP contribution in [0.2, 0.25) is 0 Å². The maximum atomic E-state index is 12.3. The molecular weight excluding hydrogens is 258 g/mol. The van der Waals surface area contributed by atoms with Crippen LogP contribution in [0.25, 0.3) is 0 Å². The Morgan fingerprint density at radius 2 is 1.35 bits per heavy atom. The van der Waals surface area contributed by atoms with Crippen molar-refractivity contribution in [3.63, 3.8) is 0 Å². The van der Waals surface area contributed by atoms with E-state index in [1.54, 1.807) is 55.4 Å². The quantitative estimate of drug-likeness (QED) is 0.634. The molecule has 0 aromatic rings. The topological polar surface area (TPSA) is 72.5 Å². The molecule has 116 valence electrons. The minimum Gasteiger partial charge on any atom is -0.461 e. The van der Waals surface area contributed by atoms with E-state index in [-0.39, 0.29) is 17.8 Å². The minimum atomic E-state index is -1.26. The Kier molecular flexibility index (Phi) is 5.93. The fraction of sp³-hybridized carbons (Fsp3) is 0.800. The zero-order valence-corrected chi connectivity index (χ0v) is 13.8. The number of carbonyl (C=O) groups is 3. The van der Waals surface area contributed by atoms with Crippen LogP contribution in [0.4, 0.5) is 0 Å². The van der Waals surface area contributed by atoms with Crippen LogP contribution in [0.3, 0.4) is 0 Å². The van der Waals surface area contributed by atoms with E-state index in [0.717, 1.165) is 0 Å². The van der Waals surface area contributed by atoms with Crippen molar-refractivity contribution in [2.75, 3.05) is 0 Å². The van der Waals surface area contributed by atoms with E-state index in [0.29, 0.717) is 0 Å². The second kappa shape index (κ2) is 6.37. The second-order valence-electron chi connectivity index (χ2n) is 7.26. The second-order valence-corrected chi connectivity index (χ2v) is 7.26. The maximum Gasteiger partial charge on any atom is 0.336 e. The van der Waals surface area contributed by atoms with Crippen LogP contribution >= 0.6 is 0 Å². The molecule has 0 bridgehead atoms. The first-order valence-electron chi connectivity index (χ1n) is 6.82. The van der Waals surface area contributed by atoms with E-state index in [4.69, 9.17) is 4.74 Å². The molecule has 0 rings (SSSR count). The lowest BCUT2D eigenvalue weighted by atomic mass is 9.85. The van der Waals surface area contributed by atoms with Gasteiger partial charge in [0.05, 0.1) is 6.10 Å². The first-order valence-corrected chi connectivity index (χ1v) is 6.82. The lowest BCUT2D eigenvalue weighted by Crippen LogP contribution is -2.54. The first kappa shape index (κ1) is 18.6. The zero-order chi connectivity index (χ0) is 16.3. The summed E-state index contributed by atoms with van der Waals surface area (Å²) >= 11 is 0. The van der Waals surface area contributed by atoms with Crippen molar-refractivity contribution >= 4 is 17.7 Å². The zero-order valence-electron chi connectivity index (χ0n) is 13.8. The molecule has 5 nitrogen and oxygen atoms in total. The van der Waals surface area contributed by atoms with Crippen LogP contribution in [-0.4, -0.2) is 29.8 Å². The Labute approximate surface area is 121 Å². The highest BCUT2D eigenvalue weighted by molar-refractivity contribution is 6.08. The Hall–Kier alpha value is -1.39. The Balaban J connectivity index is 5.24. The number of hydrogen-bond acceptors (Lipinski definition) is 4. The van der Waals surface area contributed by atoms with Crippen LogP contribution in [0.15, 0.2) is 0 Å². The van der Waals surface area contributed by atoms with Crippen molar-refractivity contribution in [3.8, 4) is 0 Å². The minimum absolute atomic E-state index is 0.343. The average molecular weight is 285 g/mol. The average Bonchev–Trinajstić information content (AvgIpc) is 2.20. The fourth-order valence-corrected chi connectivity index (χ4v) is 1.31. The van der Waals surface area contributed by atoms with Gasteiger partial charge in [-0.3, -0.25) is 9.59 Å². The summed E-state index contributed by atoms with van der Waals surface area (Å²) in [6.07, 6.45) is -0.343. The third-order valence-corrected chi connectivity index (χ3v) is 2.55. The molecule has 1 atom stereocenters. The normalized spacial score (nSPS) is 13.8. The third-order valence-electron chi connectivity index (χ3n) is 2.55. The number of ketones is 1. The highest BCUT2D eigenvalue weighted by Gasteiger charge is 2.38. The Bertz CT molecular complexity index is 386. The van der Waals surface area contributed by atoms with E-state index in [9.17, 15) is 14.4 Å². The van der Waals surface area contributed by atoms with Crippen LogP contribution in [0.1, 0.15) is 55.4 Å². The number of carbonyl (C=O) groups excluding carboxylic acids is 3.